The molecule has 17 heavy (non-hydrogen) atoms. The zero-order valence-electron chi connectivity index (χ0n) is 11.8. The second-order valence-corrected chi connectivity index (χ2v) is 7.72. The van der Waals surface area contributed by atoms with Gasteiger partial charge in [0.1, 0.15) is 0 Å². The molecule has 4 nitrogen and oxygen atoms in total. The van der Waals surface area contributed by atoms with Gasteiger partial charge in [0.25, 0.3) is 0 Å². The highest BCUT2D eigenvalue weighted by Gasteiger charge is 2.38. The minimum atomic E-state index is -2.15. The molecule has 2 unspecified atom stereocenters. The van der Waals surface area contributed by atoms with Gasteiger partial charge in [0.05, 0.1) is 0 Å². The summed E-state index contributed by atoms with van der Waals surface area (Å²) in [6, 6.07) is 0.591. The summed E-state index contributed by atoms with van der Waals surface area (Å²) in [7, 11) is -0.345. The van der Waals surface area contributed by atoms with Crippen LogP contribution in [0.1, 0.15) is 46.5 Å². The molecular weight excluding hydrogens is 230 g/mol. The Morgan fingerprint density at radius 1 is 1.12 bits per heavy atom. The quantitative estimate of drug-likeness (QED) is 0.606. The zero-order valence-corrected chi connectivity index (χ0v) is 12.8. The fraction of sp³-hybridized carbons (Fsp3) is 1.00. The summed E-state index contributed by atoms with van der Waals surface area (Å²) in [6.07, 6.45) is 5.33. The first kappa shape index (κ1) is 15.1. The average Bonchev–Trinajstić information content (AvgIpc) is 2.33. The summed E-state index contributed by atoms with van der Waals surface area (Å²) in [6.45, 7) is 8.47. The molecule has 1 saturated carbocycles. The van der Waals surface area contributed by atoms with E-state index in [2.05, 4.69) is 35.7 Å². The van der Waals surface area contributed by atoms with Gasteiger partial charge in [-0.15, -0.1) is 0 Å². The molecule has 1 aliphatic carbocycles. The fourth-order valence-corrected chi connectivity index (χ4v) is 5.34. The Hall–Kier alpha value is 0.0569. The Labute approximate surface area is 107 Å². The highest BCUT2D eigenvalue weighted by molar-refractivity contribution is 6.66. The Balaban J connectivity index is 2.62. The highest BCUT2D eigenvalue weighted by Crippen LogP contribution is 2.24. The van der Waals surface area contributed by atoms with Crippen molar-refractivity contribution in [1.82, 2.24) is 14.9 Å². The van der Waals surface area contributed by atoms with Crippen molar-refractivity contribution in [3.63, 3.8) is 0 Å². The van der Waals surface area contributed by atoms with E-state index in [1.165, 1.54) is 25.7 Å². The average molecular weight is 259 g/mol. The van der Waals surface area contributed by atoms with Crippen LogP contribution >= 0.6 is 0 Å². The maximum Gasteiger partial charge on any atom is 0.440 e. The molecule has 0 aromatic rings. The third-order valence-electron chi connectivity index (χ3n) is 3.66. The minimum Gasteiger partial charge on any atom is -0.383 e. The van der Waals surface area contributed by atoms with E-state index in [9.17, 15) is 0 Å². The van der Waals surface area contributed by atoms with Crippen molar-refractivity contribution in [2.75, 3.05) is 20.2 Å². The van der Waals surface area contributed by atoms with Gasteiger partial charge in [-0.3, -0.25) is 14.9 Å². The van der Waals surface area contributed by atoms with Crippen molar-refractivity contribution in [1.29, 1.82) is 0 Å². The Bertz CT molecular complexity index is 210. The number of hydrogen-bond donors (Lipinski definition) is 3. The predicted octanol–water partition coefficient (Wildman–Crippen LogP) is 1.46. The van der Waals surface area contributed by atoms with Gasteiger partial charge in [-0.25, -0.2) is 0 Å². The second kappa shape index (κ2) is 7.48. The van der Waals surface area contributed by atoms with Crippen molar-refractivity contribution >= 4 is 8.80 Å². The molecular formula is C12H29N3OSi. The molecule has 0 aliphatic heterocycles. The van der Waals surface area contributed by atoms with E-state index in [1.807, 2.05) is 0 Å². The maximum atomic E-state index is 5.78. The van der Waals surface area contributed by atoms with Crippen LogP contribution in [0.25, 0.3) is 0 Å². The molecule has 1 rings (SSSR count). The molecule has 1 aliphatic rings. The van der Waals surface area contributed by atoms with Gasteiger partial charge < -0.3 is 4.43 Å². The summed E-state index contributed by atoms with van der Waals surface area (Å²) in [4.78, 5) is 10.8. The summed E-state index contributed by atoms with van der Waals surface area (Å²) in [5, 5.41) is 0. The smallest absolute Gasteiger partial charge is 0.383 e. The van der Waals surface area contributed by atoms with Gasteiger partial charge in [-0.05, 0) is 31.8 Å². The summed E-state index contributed by atoms with van der Waals surface area (Å²) < 4.78 is 5.78. The Morgan fingerprint density at radius 2 is 1.71 bits per heavy atom. The molecule has 0 radical (unpaired) electrons. The van der Waals surface area contributed by atoms with E-state index in [0.29, 0.717) is 6.04 Å². The largest absolute Gasteiger partial charge is 0.440 e. The van der Waals surface area contributed by atoms with Crippen LogP contribution in [0.5, 0.6) is 0 Å². The van der Waals surface area contributed by atoms with Crippen molar-refractivity contribution in [3.05, 3.63) is 0 Å². The first-order valence-corrected chi connectivity index (χ1v) is 8.91. The molecule has 0 amide bonds. The van der Waals surface area contributed by atoms with Crippen LogP contribution in [-0.4, -0.2) is 35.0 Å². The minimum absolute atomic E-state index is 0.591. The molecule has 2 atom stereocenters. The van der Waals surface area contributed by atoms with Gasteiger partial charge in [0, 0.05) is 13.2 Å². The van der Waals surface area contributed by atoms with E-state index in [4.69, 9.17) is 4.43 Å². The molecule has 5 heteroatoms. The number of hydrogen-bond acceptors (Lipinski definition) is 4. The molecule has 0 saturated heterocycles. The zero-order chi connectivity index (χ0) is 12.7. The summed E-state index contributed by atoms with van der Waals surface area (Å²) >= 11 is 0. The lowest BCUT2D eigenvalue weighted by Crippen LogP contribution is -2.76. The summed E-state index contributed by atoms with van der Waals surface area (Å²) in [5.74, 6) is 0.753. The lowest BCUT2D eigenvalue weighted by molar-refractivity contribution is 0.271. The normalized spacial score (nSPS) is 26.1. The van der Waals surface area contributed by atoms with E-state index in [1.54, 1.807) is 7.11 Å². The summed E-state index contributed by atoms with van der Waals surface area (Å²) in [5.41, 5.74) is 0. The third kappa shape index (κ3) is 4.33. The van der Waals surface area contributed by atoms with Crippen molar-refractivity contribution in [3.8, 4) is 0 Å². The van der Waals surface area contributed by atoms with Gasteiger partial charge in [0.15, 0.2) is 0 Å². The molecule has 0 spiro atoms. The molecule has 0 bridgehead atoms. The molecule has 0 aromatic carbocycles. The van der Waals surface area contributed by atoms with Crippen LogP contribution in [0.15, 0.2) is 0 Å². The van der Waals surface area contributed by atoms with E-state index >= 15 is 0 Å². The Morgan fingerprint density at radius 3 is 2.18 bits per heavy atom. The highest BCUT2D eigenvalue weighted by atomic mass is 28.4. The first-order chi connectivity index (χ1) is 8.17. The van der Waals surface area contributed by atoms with Gasteiger partial charge >= 0.3 is 8.80 Å². The lowest BCUT2D eigenvalue weighted by Gasteiger charge is -2.38. The van der Waals surface area contributed by atoms with Gasteiger partial charge in [-0.1, -0.05) is 33.6 Å². The van der Waals surface area contributed by atoms with Crippen LogP contribution in [0, 0.1) is 5.92 Å². The van der Waals surface area contributed by atoms with Gasteiger partial charge in [-0.2, -0.15) is 0 Å². The number of rotatable bonds is 7. The molecule has 0 heterocycles. The Kier molecular flexibility index (Phi) is 6.65. The first-order valence-electron chi connectivity index (χ1n) is 7.00. The molecule has 102 valence electrons. The van der Waals surface area contributed by atoms with Crippen LogP contribution in [0.2, 0.25) is 0 Å². The van der Waals surface area contributed by atoms with Crippen molar-refractivity contribution in [2.24, 2.45) is 5.92 Å². The van der Waals surface area contributed by atoms with Crippen molar-refractivity contribution < 1.29 is 4.43 Å². The SMILES string of the molecule is CCN[Si](NCC)(NC1CCCCC1C)OC. The van der Waals surface area contributed by atoms with E-state index in [-0.39, 0.29) is 0 Å². The third-order valence-corrected chi connectivity index (χ3v) is 6.75. The predicted molar refractivity (Wildman–Crippen MR) is 74.7 cm³/mol. The standard InChI is InChI=1S/C12H29N3OSi/c1-5-13-17(16-4,14-6-2)15-12-10-8-7-9-11(12)3/h11-15H,5-10H2,1-4H3. The molecule has 1 fully saturated rings. The van der Waals surface area contributed by atoms with Crippen molar-refractivity contribution in [2.45, 2.75) is 52.5 Å². The van der Waals surface area contributed by atoms with Crippen LogP contribution in [0.4, 0.5) is 0 Å². The van der Waals surface area contributed by atoms with Crippen LogP contribution in [0.3, 0.4) is 0 Å². The topological polar surface area (TPSA) is 45.3 Å². The lowest BCUT2D eigenvalue weighted by atomic mass is 9.87. The fourth-order valence-electron chi connectivity index (χ4n) is 2.66. The second-order valence-electron chi connectivity index (χ2n) is 4.96. The van der Waals surface area contributed by atoms with Crippen LogP contribution < -0.4 is 14.9 Å². The van der Waals surface area contributed by atoms with E-state index < -0.39 is 8.80 Å². The number of nitrogens with one attached hydrogen (secondary N) is 3. The monoisotopic (exact) mass is 259 g/mol. The molecule has 0 aromatic heterocycles. The van der Waals surface area contributed by atoms with Gasteiger partial charge in [0.2, 0.25) is 0 Å². The molecule has 3 N–H and O–H groups in total. The van der Waals surface area contributed by atoms with Crippen LogP contribution in [-0.2, 0) is 4.43 Å². The maximum absolute atomic E-state index is 5.78. The van der Waals surface area contributed by atoms with E-state index in [0.717, 1.165) is 19.0 Å².